The van der Waals surface area contributed by atoms with Gasteiger partial charge in [-0.3, -0.25) is 14.7 Å². The fourth-order valence-corrected chi connectivity index (χ4v) is 7.28. The van der Waals surface area contributed by atoms with Crippen LogP contribution in [0.5, 0.6) is 0 Å². The van der Waals surface area contributed by atoms with Crippen LogP contribution in [-0.4, -0.2) is 64.1 Å². The number of hydrogen-bond donors (Lipinski definition) is 2. The number of aromatic amines is 1. The van der Waals surface area contributed by atoms with E-state index in [0.717, 1.165) is 36.1 Å². The fourth-order valence-electron chi connectivity index (χ4n) is 5.16. The van der Waals surface area contributed by atoms with Crippen LogP contribution in [0.15, 0.2) is 30.3 Å². The lowest BCUT2D eigenvalue weighted by molar-refractivity contribution is -0.139. The first-order chi connectivity index (χ1) is 15.5. The second kappa shape index (κ2) is 8.47. The van der Waals surface area contributed by atoms with Gasteiger partial charge in [-0.05, 0) is 57.4 Å². The third-order valence-corrected chi connectivity index (χ3v) is 10.5. The number of methoxy groups -OCH3 is 1. The van der Waals surface area contributed by atoms with Crippen molar-refractivity contribution in [2.45, 2.75) is 55.9 Å². The fraction of sp³-hybridized carbons (Fsp3) is 0.560. The molecule has 1 saturated carbocycles. The molecule has 0 radical (unpaired) electrons. The highest BCUT2D eigenvalue weighted by atomic mass is 32.3. The minimum Gasteiger partial charge on any atom is -0.384 e. The molecule has 180 valence electrons. The quantitative estimate of drug-likeness (QED) is 0.638. The Morgan fingerprint density at radius 3 is 2.42 bits per heavy atom. The molecule has 1 aliphatic heterocycles. The van der Waals surface area contributed by atoms with Gasteiger partial charge in [0.05, 0.1) is 35.0 Å². The summed E-state index contributed by atoms with van der Waals surface area (Å²) < 4.78 is 5.12. The Hall–Kier alpha value is -2.32. The second-order valence-corrected chi connectivity index (χ2v) is 14.9. The Bertz CT molecular complexity index is 1040. The smallest absolute Gasteiger partial charge is 0.240 e. The lowest BCUT2D eigenvalue weighted by Crippen LogP contribution is -2.51. The van der Waals surface area contributed by atoms with Crippen molar-refractivity contribution in [1.82, 2.24) is 15.1 Å². The van der Waals surface area contributed by atoms with Gasteiger partial charge in [0.25, 0.3) is 0 Å². The summed E-state index contributed by atoms with van der Waals surface area (Å²) in [6, 6.07) is 9.74. The van der Waals surface area contributed by atoms with E-state index in [9.17, 15) is 9.59 Å². The lowest BCUT2D eigenvalue weighted by atomic mass is 9.83. The summed E-state index contributed by atoms with van der Waals surface area (Å²) in [4.78, 5) is 29.0. The predicted octanol–water partition coefficient (Wildman–Crippen LogP) is 3.97. The zero-order chi connectivity index (χ0) is 24.0. The van der Waals surface area contributed by atoms with Gasteiger partial charge in [0.2, 0.25) is 11.8 Å². The highest BCUT2D eigenvalue weighted by molar-refractivity contribution is 8.33. The minimum absolute atomic E-state index is 0.00419. The van der Waals surface area contributed by atoms with Gasteiger partial charge >= 0.3 is 0 Å². The zero-order valence-electron chi connectivity index (χ0n) is 20.5. The van der Waals surface area contributed by atoms with Crippen molar-refractivity contribution >= 4 is 27.7 Å². The van der Waals surface area contributed by atoms with Gasteiger partial charge in [0.1, 0.15) is 0 Å². The highest BCUT2D eigenvalue weighted by Gasteiger charge is 2.51. The van der Waals surface area contributed by atoms with Crippen LogP contribution in [0.3, 0.4) is 0 Å². The summed E-state index contributed by atoms with van der Waals surface area (Å²) in [7, 11) is 0.549. The topological polar surface area (TPSA) is 87.3 Å². The summed E-state index contributed by atoms with van der Waals surface area (Å²) in [5.41, 5.74) is 2.12. The summed E-state index contributed by atoms with van der Waals surface area (Å²) in [5.74, 6) is 0.226. The summed E-state index contributed by atoms with van der Waals surface area (Å²) in [6.45, 7) is 4.74. The molecule has 1 aliphatic carbocycles. The van der Waals surface area contributed by atoms with Gasteiger partial charge in [-0.15, -0.1) is 0 Å². The largest absolute Gasteiger partial charge is 0.384 e. The zero-order valence-corrected chi connectivity index (χ0v) is 21.3. The molecule has 7 nitrogen and oxygen atoms in total. The van der Waals surface area contributed by atoms with Crippen LogP contribution >= 0.6 is 10.0 Å². The first kappa shape index (κ1) is 23.8. The second-order valence-electron chi connectivity index (χ2n) is 10.5. The third kappa shape index (κ3) is 3.87. The normalized spacial score (nSPS) is 20.0. The van der Waals surface area contributed by atoms with Crippen molar-refractivity contribution in [2.24, 2.45) is 0 Å². The van der Waals surface area contributed by atoms with Gasteiger partial charge in [0.15, 0.2) is 5.82 Å². The van der Waals surface area contributed by atoms with E-state index < -0.39 is 21.5 Å². The molecule has 4 rings (SSSR count). The van der Waals surface area contributed by atoms with E-state index in [0.29, 0.717) is 19.0 Å². The number of H-pyrrole nitrogens is 1. The molecule has 2 N–H and O–H groups in total. The van der Waals surface area contributed by atoms with Gasteiger partial charge in [-0.1, -0.05) is 30.3 Å². The number of nitrogens with one attached hydrogen (secondary N) is 2. The molecule has 2 heterocycles. The Kier molecular flexibility index (Phi) is 6.12. The number of carbonyl (C=O) groups is 2. The lowest BCUT2D eigenvalue weighted by Gasteiger charge is -2.53. The Morgan fingerprint density at radius 2 is 1.88 bits per heavy atom. The molecule has 1 fully saturated rings. The first-order valence-corrected chi connectivity index (χ1v) is 14.3. The van der Waals surface area contributed by atoms with Crippen molar-refractivity contribution in [2.75, 3.05) is 37.8 Å². The number of fused-ring (bicyclic) bond motifs is 1. The summed E-state index contributed by atoms with van der Waals surface area (Å²) in [6.07, 6.45) is 9.58. The average Bonchev–Trinajstić information content (AvgIpc) is 3.22. The minimum atomic E-state index is -1.07. The third-order valence-electron chi connectivity index (χ3n) is 7.55. The number of rotatable bonds is 7. The summed E-state index contributed by atoms with van der Waals surface area (Å²) >= 11 is 0. The molecular formula is C25H36N4O3S. The molecule has 2 amide bonds. The molecule has 2 aromatic rings. The highest BCUT2D eigenvalue weighted by Crippen LogP contribution is 2.60. The summed E-state index contributed by atoms with van der Waals surface area (Å²) in [5, 5.41) is 10.7. The number of hydrogen-bond acceptors (Lipinski definition) is 4. The van der Waals surface area contributed by atoms with Crippen molar-refractivity contribution in [3.63, 3.8) is 0 Å². The van der Waals surface area contributed by atoms with Gasteiger partial charge < -0.3 is 15.0 Å². The number of nitrogens with zero attached hydrogens (tertiary/aromatic N) is 2. The molecule has 0 spiro atoms. The Balaban J connectivity index is 1.59. The first-order valence-electron chi connectivity index (χ1n) is 11.5. The Morgan fingerprint density at radius 1 is 1.21 bits per heavy atom. The van der Waals surface area contributed by atoms with E-state index in [1.54, 1.807) is 7.11 Å². The van der Waals surface area contributed by atoms with E-state index in [1.807, 2.05) is 49.1 Å². The van der Waals surface area contributed by atoms with Crippen molar-refractivity contribution in [3.8, 4) is 0 Å². The standard InChI is InChI=1S/C25H36N4O3S/c1-24(2)20-18(15-29(24)22(30)19(16-32-3)17-11-8-7-9-12-17)21(28-27-20)26-23(31)25(13-10-14-25)33(4,5)6/h7-9,11-12,19H,10,13-16H2,1-6H3,(H2,26,27,28,31). The maximum atomic E-state index is 13.7. The molecule has 1 aromatic heterocycles. The molecule has 1 aromatic carbocycles. The van der Waals surface area contributed by atoms with E-state index >= 15 is 0 Å². The van der Waals surface area contributed by atoms with Gasteiger partial charge in [0, 0.05) is 12.7 Å². The van der Waals surface area contributed by atoms with Crippen LogP contribution in [0.4, 0.5) is 5.82 Å². The van der Waals surface area contributed by atoms with E-state index in [1.165, 1.54) is 0 Å². The molecule has 0 saturated heterocycles. The molecule has 8 heteroatoms. The molecule has 33 heavy (non-hydrogen) atoms. The van der Waals surface area contributed by atoms with Crippen LogP contribution < -0.4 is 5.32 Å². The van der Waals surface area contributed by atoms with Crippen LogP contribution in [0, 0.1) is 0 Å². The van der Waals surface area contributed by atoms with Gasteiger partial charge in [-0.25, -0.2) is 10.0 Å². The predicted molar refractivity (Wildman–Crippen MR) is 134 cm³/mol. The molecule has 1 atom stereocenters. The molecule has 0 bridgehead atoms. The van der Waals surface area contributed by atoms with Crippen molar-refractivity contribution in [3.05, 3.63) is 47.2 Å². The molecule has 2 aliphatic rings. The molecular weight excluding hydrogens is 436 g/mol. The number of amides is 2. The maximum Gasteiger partial charge on any atom is 0.240 e. The van der Waals surface area contributed by atoms with Gasteiger partial charge in [-0.2, -0.15) is 5.10 Å². The van der Waals surface area contributed by atoms with Crippen LogP contribution in [0.25, 0.3) is 0 Å². The van der Waals surface area contributed by atoms with Crippen LogP contribution in [0.2, 0.25) is 0 Å². The van der Waals surface area contributed by atoms with Crippen LogP contribution in [-0.2, 0) is 26.4 Å². The van der Waals surface area contributed by atoms with Crippen molar-refractivity contribution in [1.29, 1.82) is 0 Å². The average molecular weight is 473 g/mol. The number of benzene rings is 1. The number of aromatic nitrogens is 2. The van der Waals surface area contributed by atoms with Crippen molar-refractivity contribution < 1.29 is 14.3 Å². The number of carbonyl (C=O) groups excluding carboxylic acids is 2. The number of anilines is 1. The number of ether oxygens (including phenoxy) is 1. The SMILES string of the molecule is COCC(C(=O)N1Cc2c(NC(=O)C3(S(C)(C)C)CCC3)n[nH]c2C1(C)C)c1ccccc1. The van der Waals surface area contributed by atoms with E-state index in [4.69, 9.17) is 4.74 Å². The molecule has 1 unspecified atom stereocenters. The maximum absolute atomic E-state index is 13.7. The monoisotopic (exact) mass is 472 g/mol. The van der Waals surface area contributed by atoms with E-state index in [2.05, 4.69) is 34.3 Å². The Labute approximate surface area is 198 Å². The van der Waals surface area contributed by atoms with Crippen LogP contribution in [0.1, 0.15) is 55.8 Å². The van der Waals surface area contributed by atoms with E-state index in [-0.39, 0.29) is 16.6 Å².